The van der Waals surface area contributed by atoms with E-state index in [1.54, 1.807) is 55.5 Å². The van der Waals surface area contributed by atoms with Gasteiger partial charge in [-0.3, -0.25) is 10.1 Å². The van der Waals surface area contributed by atoms with Crippen molar-refractivity contribution in [2.24, 2.45) is 0 Å². The minimum absolute atomic E-state index is 0.336. The number of carbonyl (C=O) groups excluding carboxylic acids is 2. The number of urea groups is 1. The summed E-state index contributed by atoms with van der Waals surface area (Å²) in [5, 5.41) is 16.9. The van der Waals surface area contributed by atoms with Crippen molar-refractivity contribution in [1.29, 1.82) is 5.26 Å². The van der Waals surface area contributed by atoms with Crippen molar-refractivity contribution in [3.8, 4) is 17.6 Å². The quantitative estimate of drug-likeness (QED) is 0.538. The molecular formula is C24H22N4O3. The molecule has 0 saturated heterocycles. The predicted octanol–water partition coefficient (Wildman–Crippen LogP) is 4.18. The average molecular weight is 414 g/mol. The summed E-state index contributed by atoms with van der Waals surface area (Å²) in [6, 6.07) is 24.2. The molecule has 1 atom stereocenters. The van der Waals surface area contributed by atoms with E-state index in [0.717, 1.165) is 5.56 Å². The zero-order valence-electron chi connectivity index (χ0n) is 17.0. The lowest BCUT2D eigenvalue weighted by atomic mass is 10.2. The number of carbonyl (C=O) groups is 2. The molecular weight excluding hydrogens is 392 g/mol. The van der Waals surface area contributed by atoms with Gasteiger partial charge in [0, 0.05) is 12.2 Å². The molecule has 0 bridgehead atoms. The van der Waals surface area contributed by atoms with Crippen LogP contribution in [0, 0.1) is 11.3 Å². The molecule has 0 aromatic heterocycles. The Morgan fingerprint density at radius 1 is 0.935 bits per heavy atom. The number of anilines is 1. The van der Waals surface area contributed by atoms with Crippen LogP contribution in [0.3, 0.4) is 0 Å². The molecule has 7 heteroatoms. The number of hydrogen-bond donors (Lipinski definition) is 3. The van der Waals surface area contributed by atoms with Crippen LogP contribution in [0.5, 0.6) is 11.5 Å². The molecule has 0 aliphatic rings. The van der Waals surface area contributed by atoms with Crippen LogP contribution in [0.25, 0.3) is 0 Å². The van der Waals surface area contributed by atoms with Crippen LogP contribution in [0.2, 0.25) is 0 Å². The van der Waals surface area contributed by atoms with Gasteiger partial charge in [-0.05, 0) is 61.0 Å². The number of amides is 3. The first kappa shape index (κ1) is 21.4. The van der Waals surface area contributed by atoms with Crippen molar-refractivity contribution < 1.29 is 14.3 Å². The molecule has 7 nitrogen and oxygen atoms in total. The molecule has 3 amide bonds. The fraction of sp³-hybridized carbons (Fsp3) is 0.125. The molecule has 0 saturated carbocycles. The molecule has 3 rings (SSSR count). The van der Waals surface area contributed by atoms with Gasteiger partial charge in [0.15, 0.2) is 0 Å². The average Bonchev–Trinajstić information content (AvgIpc) is 2.80. The highest BCUT2D eigenvalue weighted by atomic mass is 16.5. The lowest BCUT2D eigenvalue weighted by Crippen LogP contribution is -2.45. The van der Waals surface area contributed by atoms with Crippen LogP contribution >= 0.6 is 0 Å². The van der Waals surface area contributed by atoms with Crippen molar-refractivity contribution in [1.82, 2.24) is 10.6 Å². The van der Waals surface area contributed by atoms with E-state index in [0.29, 0.717) is 29.3 Å². The first-order valence-electron chi connectivity index (χ1n) is 9.71. The smallest absolute Gasteiger partial charge is 0.321 e. The zero-order valence-corrected chi connectivity index (χ0v) is 17.0. The number of hydrogen-bond acceptors (Lipinski definition) is 5. The number of benzene rings is 3. The highest BCUT2D eigenvalue weighted by Gasteiger charge is 2.15. The molecule has 0 spiro atoms. The summed E-state index contributed by atoms with van der Waals surface area (Å²) in [6.45, 7) is 2.00. The van der Waals surface area contributed by atoms with Crippen molar-refractivity contribution in [3.63, 3.8) is 0 Å². The number of nitrogens with one attached hydrogen (secondary N) is 3. The van der Waals surface area contributed by atoms with Gasteiger partial charge in [0.1, 0.15) is 17.5 Å². The van der Waals surface area contributed by atoms with E-state index in [1.807, 2.05) is 30.3 Å². The Kier molecular flexibility index (Phi) is 7.22. The Morgan fingerprint density at radius 3 is 2.16 bits per heavy atom. The molecule has 0 aliphatic heterocycles. The van der Waals surface area contributed by atoms with Gasteiger partial charge in [-0.25, -0.2) is 4.79 Å². The van der Waals surface area contributed by atoms with Gasteiger partial charge < -0.3 is 15.4 Å². The van der Waals surface area contributed by atoms with Gasteiger partial charge in [-0.15, -0.1) is 0 Å². The summed E-state index contributed by atoms with van der Waals surface area (Å²) in [5.41, 5.74) is 2.21. The van der Waals surface area contributed by atoms with Gasteiger partial charge in [0.2, 0.25) is 5.91 Å². The molecule has 156 valence electrons. The van der Waals surface area contributed by atoms with Crippen LogP contribution in [0.4, 0.5) is 10.5 Å². The second-order valence-electron chi connectivity index (χ2n) is 6.79. The minimum Gasteiger partial charge on any atom is -0.457 e. The first-order chi connectivity index (χ1) is 15.0. The standard InChI is InChI=1S/C24H22N4O3/c1-17(23(29)28-24(30)26-16-19-5-3-2-4-6-19)27-20-9-13-22(14-10-20)31-21-11-7-18(15-25)8-12-21/h2-14,17,27H,16H2,1H3,(H2,26,28,29,30). The number of rotatable bonds is 7. The van der Waals surface area contributed by atoms with E-state index < -0.39 is 18.0 Å². The van der Waals surface area contributed by atoms with Crippen LogP contribution in [0.1, 0.15) is 18.1 Å². The molecule has 3 aromatic carbocycles. The highest BCUT2D eigenvalue weighted by Crippen LogP contribution is 2.23. The number of ether oxygens (including phenoxy) is 1. The van der Waals surface area contributed by atoms with Gasteiger partial charge in [-0.2, -0.15) is 5.26 Å². The molecule has 0 heterocycles. The van der Waals surface area contributed by atoms with E-state index >= 15 is 0 Å². The van der Waals surface area contributed by atoms with Gasteiger partial charge >= 0.3 is 6.03 Å². The van der Waals surface area contributed by atoms with Crippen LogP contribution in [0.15, 0.2) is 78.9 Å². The monoisotopic (exact) mass is 414 g/mol. The van der Waals surface area contributed by atoms with E-state index in [4.69, 9.17) is 10.00 Å². The second kappa shape index (κ2) is 10.5. The second-order valence-corrected chi connectivity index (χ2v) is 6.79. The normalized spacial score (nSPS) is 11.0. The lowest BCUT2D eigenvalue weighted by Gasteiger charge is -2.15. The Morgan fingerprint density at radius 2 is 1.55 bits per heavy atom. The van der Waals surface area contributed by atoms with E-state index in [-0.39, 0.29) is 0 Å². The molecule has 0 aliphatic carbocycles. The van der Waals surface area contributed by atoms with Gasteiger partial charge in [0.05, 0.1) is 11.6 Å². The molecule has 0 radical (unpaired) electrons. The van der Waals surface area contributed by atoms with Crippen molar-refractivity contribution >= 4 is 17.6 Å². The molecule has 0 fully saturated rings. The summed E-state index contributed by atoms with van der Waals surface area (Å²) in [7, 11) is 0. The van der Waals surface area contributed by atoms with E-state index in [9.17, 15) is 9.59 Å². The Balaban J connectivity index is 1.46. The van der Waals surface area contributed by atoms with Crippen molar-refractivity contribution in [3.05, 3.63) is 90.0 Å². The van der Waals surface area contributed by atoms with Crippen LogP contribution in [-0.4, -0.2) is 18.0 Å². The molecule has 3 N–H and O–H groups in total. The van der Waals surface area contributed by atoms with E-state index in [1.165, 1.54) is 0 Å². The van der Waals surface area contributed by atoms with Crippen LogP contribution in [-0.2, 0) is 11.3 Å². The van der Waals surface area contributed by atoms with Crippen LogP contribution < -0.4 is 20.7 Å². The zero-order chi connectivity index (χ0) is 22.1. The Labute approximate surface area is 180 Å². The summed E-state index contributed by atoms with van der Waals surface area (Å²) in [6.07, 6.45) is 0. The predicted molar refractivity (Wildman–Crippen MR) is 118 cm³/mol. The number of imide groups is 1. The first-order valence-corrected chi connectivity index (χ1v) is 9.71. The third-order valence-corrected chi connectivity index (χ3v) is 4.38. The van der Waals surface area contributed by atoms with Gasteiger partial charge in [0.25, 0.3) is 0 Å². The van der Waals surface area contributed by atoms with Gasteiger partial charge in [-0.1, -0.05) is 30.3 Å². The minimum atomic E-state index is -0.618. The third kappa shape index (κ3) is 6.61. The summed E-state index contributed by atoms with van der Waals surface area (Å²) in [4.78, 5) is 24.2. The number of nitrogens with zero attached hydrogens (tertiary/aromatic N) is 1. The molecule has 3 aromatic rings. The Bertz CT molecular complexity index is 1060. The maximum absolute atomic E-state index is 12.2. The number of nitriles is 1. The SMILES string of the molecule is CC(Nc1ccc(Oc2ccc(C#N)cc2)cc1)C(=O)NC(=O)NCc1ccccc1. The largest absolute Gasteiger partial charge is 0.457 e. The fourth-order valence-electron chi connectivity index (χ4n) is 2.71. The Hall–Kier alpha value is -4.31. The molecule has 1 unspecified atom stereocenters. The summed E-state index contributed by atoms with van der Waals surface area (Å²) in [5.74, 6) is 0.796. The summed E-state index contributed by atoms with van der Waals surface area (Å²) >= 11 is 0. The maximum atomic E-state index is 12.2. The van der Waals surface area contributed by atoms with Crippen molar-refractivity contribution in [2.45, 2.75) is 19.5 Å². The van der Waals surface area contributed by atoms with E-state index in [2.05, 4.69) is 22.0 Å². The highest BCUT2D eigenvalue weighted by molar-refractivity contribution is 5.97. The fourth-order valence-corrected chi connectivity index (χ4v) is 2.71. The third-order valence-electron chi connectivity index (χ3n) is 4.38. The summed E-state index contributed by atoms with van der Waals surface area (Å²) < 4.78 is 5.73. The maximum Gasteiger partial charge on any atom is 0.321 e. The topological polar surface area (TPSA) is 103 Å². The molecule has 31 heavy (non-hydrogen) atoms. The lowest BCUT2D eigenvalue weighted by molar-refractivity contribution is -0.120. The van der Waals surface area contributed by atoms with Crippen molar-refractivity contribution in [2.75, 3.05) is 5.32 Å².